The second-order valence-electron chi connectivity index (χ2n) is 14.8. The van der Waals surface area contributed by atoms with Crippen LogP contribution in [0.1, 0.15) is 142 Å². The highest BCUT2D eigenvalue weighted by Crippen LogP contribution is 2.30. The Bertz CT molecular complexity index is 970. The molecule has 2 saturated heterocycles. The molecule has 2 heterocycles. The van der Waals surface area contributed by atoms with Crippen molar-refractivity contribution in [3.63, 3.8) is 0 Å². The van der Waals surface area contributed by atoms with Gasteiger partial charge in [0.1, 0.15) is 55.4 Å². The highest BCUT2D eigenvalue weighted by Gasteiger charge is 2.51. The lowest BCUT2D eigenvalue weighted by atomic mass is 9.97. The maximum Gasteiger partial charge on any atom is 0.306 e. The van der Waals surface area contributed by atoms with E-state index in [1.54, 1.807) is 0 Å². The Labute approximate surface area is 321 Å². The monoisotopic (exact) mass is 780 g/mol. The third-order valence-electron chi connectivity index (χ3n) is 10.1. The summed E-state index contributed by atoms with van der Waals surface area (Å²) in [6.07, 6.45) is 2.60. The number of aliphatic hydroxyl groups is 7. The summed E-state index contributed by atoms with van der Waals surface area (Å²) in [5, 5.41) is 71.8. The predicted octanol–water partition coefficient (Wildman–Crippen LogP) is 2.92. The minimum Gasteiger partial charge on any atom is -0.462 e. The van der Waals surface area contributed by atoms with Crippen LogP contribution >= 0.6 is 0 Å². The van der Waals surface area contributed by atoms with Gasteiger partial charge >= 0.3 is 11.9 Å². The van der Waals surface area contributed by atoms with Gasteiger partial charge in [-0.25, -0.2) is 0 Å². The third-order valence-corrected chi connectivity index (χ3v) is 10.1. The van der Waals surface area contributed by atoms with Crippen molar-refractivity contribution in [2.24, 2.45) is 0 Å². The molecule has 0 saturated carbocycles. The van der Waals surface area contributed by atoms with Crippen LogP contribution < -0.4 is 0 Å². The minimum absolute atomic E-state index is 0.152. The zero-order chi connectivity index (χ0) is 39.7. The van der Waals surface area contributed by atoms with E-state index in [1.807, 2.05) is 0 Å². The van der Waals surface area contributed by atoms with Gasteiger partial charge in [0.15, 0.2) is 18.7 Å². The fourth-order valence-electron chi connectivity index (χ4n) is 6.65. The molecule has 318 valence electrons. The van der Waals surface area contributed by atoms with Crippen LogP contribution in [0, 0.1) is 0 Å². The van der Waals surface area contributed by atoms with Gasteiger partial charge in [0, 0.05) is 12.8 Å². The van der Waals surface area contributed by atoms with Crippen LogP contribution in [-0.2, 0) is 38.0 Å². The zero-order valence-corrected chi connectivity index (χ0v) is 32.7. The van der Waals surface area contributed by atoms with Gasteiger partial charge in [0.05, 0.1) is 19.8 Å². The summed E-state index contributed by atoms with van der Waals surface area (Å²) < 4.78 is 33.8. The summed E-state index contributed by atoms with van der Waals surface area (Å²) in [7, 11) is 0. The van der Waals surface area contributed by atoms with Gasteiger partial charge in [-0.15, -0.1) is 0 Å². The van der Waals surface area contributed by atoms with E-state index in [0.29, 0.717) is 12.8 Å². The van der Waals surface area contributed by atoms with E-state index in [4.69, 9.17) is 28.4 Å². The second-order valence-corrected chi connectivity index (χ2v) is 14.8. The Balaban J connectivity index is 2.01. The van der Waals surface area contributed by atoms with Gasteiger partial charge in [-0.1, -0.05) is 117 Å². The Morgan fingerprint density at radius 2 is 0.981 bits per heavy atom. The van der Waals surface area contributed by atoms with Gasteiger partial charge in [0.25, 0.3) is 0 Å². The third kappa shape index (κ3) is 18.2. The van der Waals surface area contributed by atoms with Crippen molar-refractivity contribution in [2.45, 2.75) is 210 Å². The molecule has 11 atom stereocenters. The first-order valence-electron chi connectivity index (χ1n) is 20.6. The molecule has 0 aromatic rings. The molecular weight excluding hydrogens is 708 g/mol. The highest BCUT2D eigenvalue weighted by molar-refractivity contribution is 5.70. The molecule has 2 fully saturated rings. The lowest BCUT2D eigenvalue weighted by Gasteiger charge is -2.46. The lowest BCUT2D eigenvalue weighted by molar-refractivity contribution is -0.368. The average Bonchev–Trinajstić information content (AvgIpc) is 3.16. The number of rotatable bonds is 30. The van der Waals surface area contributed by atoms with Crippen molar-refractivity contribution in [2.75, 3.05) is 26.4 Å². The number of aliphatic hydroxyl groups excluding tert-OH is 7. The quantitative estimate of drug-likeness (QED) is 0.0411. The number of ether oxygens (including phenoxy) is 6. The number of carbonyl (C=O) groups is 2. The standard InChI is InChI=1S/C39H72O15/c1-3-5-7-9-11-13-15-17-19-21-30(42)49-25-27(51-31(43)22-20-18-16-14-12-10-8-6-4-2)26-50-39-37(35(47)33(45)29(24-41)53-39)54-38-36(48)34(46)32(44)28(23-40)52-38/h27-29,32-41,44-48H,3-26H2,1-2H3/t27-,28-,29-,32-,33-,34+,35+,36-,37-,38-,39+/m1/s1. The maximum absolute atomic E-state index is 12.9. The van der Waals surface area contributed by atoms with Crippen molar-refractivity contribution >= 4 is 11.9 Å². The predicted molar refractivity (Wildman–Crippen MR) is 197 cm³/mol. The first-order valence-corrected chi connectivity index (χ1v) is 20.6. The topological polar surface area (TPSA) is 231 Å². The van der Waals surface area contributed by atoms with Crippen LogP contribution in [-0.4, -0.2) is 142 Å². The van der Waals surface area contributed by atoms with Crippen molar-refractivity contribution < 1.29 is 73.8 Å². The highest BCUT2D eigenvalue weighted by atomic mass is 16.8. The van der Waals surface area contributed by atoms with E-state index >= 15 is 0 Å². The molecule has 2 aliphatic rings. The zero-order valence-electron chi connectivity index (χ0n) is 32.7. The van der Waals surface area contributed by atoms with E-state index in [1.165, 1.54) is 64.2 Å². The molecule has 0 bridgehead atoms. The fraction of sp³-hybridized carbons (Fsp3) is 0.949. The molecule has 0 amide bonds. The molecule has 0 spiro atoms. The summed E-state index contributed by atoms with van der Waals surface area (Å²) in [4.78, 5) is 25.5. The Morgan fingerprint density at radius 3 is 1.48 bits per heavy atom. The molecule has 7 N–H and O–H groups in total. The molecule has 54 heavy (non-hydrogen) atoms. The summed E-state index contributed by atoms with van der Waals surface area (Å²) in [6, 6.07) is 0. The van der Waals surface area contributed by atoms with Gasteiger partial charge in [-0.05, 0) is 12.8 Å². The van der Waals surface area contributed by atoms with Crippen molar-refractivity contribution in [3.8, 4) is 0 Å². The van der Waals surface area contributed by atoms with E-state index in [9.17, 15) is 45.3 Å². The van der Waals surface area contributed by atoms with Gasteiger partial charge in [-0.3, -0.25) is 9.59 Å². The summed E-state index contributed by atoms with van der Waals surface area (Å²) in [5.41, 5.74) is 0. The van der Waals surface area contributed by atoms with Crippen molar-refractivity contribution in [3.05, 3.63) is 0 Å². The molecular formula is C39H72O15. The Hall–Kier alpha value is -1.50. The molecule has 15 heteroatoms. The molecule has 0 aromatic carbocycles. The van der Waals surface area contributed by atoms with Crippen LogP contribution in [0.2, 0.25) is 0 Å². The van der Waals surface area contributed by atoms with Crippen LogP contribution in [0.4, 0.5) is 0 Å². The Morgan fingerprint density at radius 1 is 0.537 bits per heavy atom. The normalized spacial score (nSPS) is 29.2. The molecule has 2 aliphatic heterocycles. The smallest absolute Gasteiger partial charge is 0.306 e. The lowest BCUT2D eigenvalue weighted by Crippen LogP contribution is -2.64. The van der Waals surface area contributed by atoms with Gasteiger partial charge in [0.2, 0.25) is 0 Å². The van der Waals surface area contributed by atoms with Crippen LogP contribution in [0.3, 0.4) is 0 Å². The molecule has 0 aromatic heterocycles. The van der Waals surface area contributed by atoms with Gasteiger partial charge < -0.3 is 64.2 Å². The molecule has 0 unspecified atom stereocenters. The largest absolute Gasteiger partial charge is 0.462 e. The fourth-order valence-corrected chi connectivity index (χ4v) is 6.65. The second kappa shape index (κ2) is 28.8. The summed E-state index contributed by atoms with van der Waals surface area (Å²) in [6.45, 7) is 2.21. The molecule has 2 rings (SSSR count). The van der Waals surface area contributed by atoms with E-state index in [-0.39, 0.29) is 19.4 Å². The number of esters is 2. The molecule has 0 aliphatic carbocycles. The summed E-state index contributed by atoms with van der Waals surface area (Å²) >= 11 is 0. The van der Waals surface area contributed by atoms with Crippen molar-refractivity contribution in [1.82, 2.24) is 0 Å². The van der Waals surface area contributed by atoms with E-state index in [0.717, 1.165) is 38.5 Å². The Kier molecular flexibility index (Phi) is 26.0. The average molecular weight is 781 g/mol. The van der Waals surface area contributed by atoms with Crippen LogP contribution in [0.5, 0.6) is 0 Å². The number of hydrogen-bond donors (Lipinski definition) is 7. The summed E-state index contributed by atoms with van der Waals surface area (Å²) in [5.74, 6) is -0.960. The first-order chi connectivity index (χ1) is 26.1. The molecule has 0 radical (unpaired) electrons. The first kappa shape index (κ1) is 48.6. The van der Waals surface area contributed by atoms with E-state index < -0.39 is 99.3 Å². The number of unbranched alkanes of at least 4 members (excludes halogenated alkanes) is 16. The van der Waals surface area contributed by atoms with E-state index in [2.05, 4.69) is 13.8 Å². The minimum atomic E-state index is -1.83. The maximum atomic E-state index is 12.9. The van der Waals surface area contributed by atoms with Crippen LogP contribution in [0.25, 0.3) is 0 Å². The molecule has 15 nitrogen and oxygen atoms in total. The van der Waals surface area contributed by atoms with Crippen molar-refractivity contribution in [1.29, 1.82) is 0 Å². The number of hydrogen-bond acceptors (Lipinski definition) is 15. The number of carbonyl (C=O) groups excluding carboxylic acids is 2. The SMILES string of the molecule is CCCCCCCCCCCC(=O)OC[C@H](CO[C@H]1O[C@H](CO)[C@@H](O)[C@H](O)[C@H]1O[C@H]1O[C@H](CO)[C@@H](O)[C@H](O)[C@H]1O)OC(=O)CCCCCCCCCCC. The van der Waals surface area contributed by atoms with Gasteiger partial charge in [-0.2, -0.15) is 0 Å². The van der Waals surface area contributed by atoms with Crippen LogP contribution in [0.15, 0.2) is 0 Å².